The number of nitrogens with two attached hydrogens (primary N) is 1. The molecule has 25 heavy (non-hydrogen) atoms. The fourth-order valence-corrected chi connectivity index (χ4v) is 2.39. The zero-order valence-electron chi connectivity index (χ0n) is 13.8. The first-order valence-corrected chi connectivity index (χ1v) is 7.83. The molecule has 0 aromatic heterocycles. The summed E-state index contributed by atoms with van der Waals surface area (Å²) >= 11 is 0. The van der Waals surface area contributed by atoms with Crippen LogP contribution >= 0.6 is 0 Å². The number of rotatable bonds is 8. The van der Waals surface area contributed by atoms with Crippen LogP contribution in [0, 0.1) is 0 Å². The number of likely N-dealkylation sites (tertiary alicyclic amines) is 1. The van der Waals surface area contributed by atoms with Crippen LogP contribution in [0.2, 0.25) is 0 Å². The molecule has 0 aromatic carbocycles. The molecule has 1 aliphatic heterocycles. The molecule has 1 heterocycles. The normalized spacial score (nSPS) is 20.5. The van der Waals surface area contributed by atoms with Crippen molar-refractivity contribution in [2.75, 3.05) is 19.7 Å². The molecule has 4 atom stereocenters. The van der Waals surface area contributed by atoms with E-state index in [1.165, 1.54) is 11.8 Å². The molecule has 7 N–H and O–H groups in total. The lowest BCUT2D eigenvalue weighted by Gasteiger charge is -2.25. The Kier molecular flexibility index (Phi) is 7.74. The van der Waals surface area contributed by atoms with Crippen molar-refractivity contribution in [3.63, 3.8) is 0 Å². The van der Waals surface area contributed by atoms with Crippen molar-refractivity contribution in [3.8, 4) is 0 Å². The van der Waals surface area contributed by atoms with Gasteiger partial charge in [-0.15, -0.1) is 0 Å². The Hall–Kier alpha value is -2.24. The van der Waals surface area contributed by atoms with Gasteiger partial charge in [-0.3, -0.25) is 14.4 Å². The monoisotopic (exact) mass is 360 g/mol. The summed E-state index contributed by atoms with van der Waals surface area (Å²) in [7, 11) is 0. The molecule has 142 valence electrons. The Morgan fingerprint density at radius 3 is 2.48 bits per heavy atom. The number of aliphatic hydroxyl groups excluding tert-OH is 2. The summed E-state index contributed by atoms with van der Waals surface area (Å²) in [4.78, 5) is 48.1. The lowest BCUT2D eigenvalue weighted by molar-refractivity contribution is -0.145. The third-order valence-corrected chi connectivity index (χ3v) is 3.91. The number of carboxylic acid groups (broad SMARTS) is 1. The first kappa shape index (κ1) is 20.8. The Bertz CT molecular complexity index is 525. The van der Waals surface area contributed by atoms with Gasteiger partial charge >= 0.3 is 5.97 Å². The van der Waals surface area contributed by atoms with Crippen LogP contribution in [0.15, 0.2) is 0 Å². The average molecular weight is 360 g/mol. The minimum absolute atomic E-state index is 0.284. The molecule has 0 aliphatic carbocycles. The summed E-state index contributed by atoms with van der Waals surface area (Å²) in [5.74, 6) is -3.29. The largest absolute Gasteiger partial charge is 0.480 e. The van der Waals surface area contributed by atoms with Gasteiger partial charge < -0.3 is 36.6 Å². The van der Waals surface area contributed by atoms with Crippen molar-refractivity contribution in [1.29, 1.82) is 0 Å². The number of carboxylic acids is 1. The number of amides is 3. The third-order valence-electron chi connectivity index (χ3n) is 3.91. The van der Waals surface area contributed by atoms with Gasteiger partial charge in [-0.1, -0.05) is 0 Å². The molecular formula is C14H24N4O7. The van der Waals surface area contributed by atoms with Crippen LogP contribution in [0.25, 0.3) is 0 Å². The Morgan fingerprint density at radius 2 is 1.96 bits per heavy atom. The summed E-state index contributed by atoms with van der Waals surface area (Å²) in [6, 6.07) is -3.50. The maximum atomic E-state index is 12.2. The Labute approximate surface area is 144 Å². The molecule has 1 aliphatic rings. The lowest BCUT2D eigenvalue weighted by atomic mass is 10.2. The number of nitrogens with one attached hydrogen (secondary N) is 2. The van der Waals surface area contributed by atoms with Gasteiger partial charge in [0.2, 0.25) is 17.7 Å². The number of hydrogen-bond donors (Lipinski definition) is 6. The van der Waals surface area contributed by atoms with Gasteiger partial charge in [0.15, 0.2) is 0 Å². The van der Waals surface area contributed by atoms with Crippen molar-refractivity contribution >= 4 is 23.7 Å². The molecule has 0 radical (unpaired) electrons. The van der Waals surface area contributed by atoms with E-state index in [1.54, 1.807) is 0 Å². The summed E-state index contributed by atoms with van der Waals surface area (Å²) < 4.78 is 0. The number of carbonyl (C=O) groups is 4. The van der Waals surface area contributed by atoms with Crippen LogP contribution in [0.4, 0.5) is 0 Å². The zero-order chi connectivity index (χ0) is 19.1. The van der Waals surface area contributed by atoms with E-state index < -0.39 is 61.1 Å². The van der Waals surface area contributed by atoms with Gasteiger partial charge in [0.1, 0.15) is 18.1 Å². The molecule has 11 heteroatoms. The molecule has 0 spiro atoms. The second-order valence-electron chi connectivity index (χ2n) is 5.81. The standard InChI is InChI=1S/C14H24N4O7/c1-7(20)11(15)13(23)16-5-10(21)18-4-2-3-9(18)12(22)17-8(6-19)14(24)25/h7-9,11,19-20H,2-6,15H2,1H3,(H,16,23)(H,17,22)(H,24,25). The number of aliphatic carboxylic acids is 1. The lowest BCUT2D eigenvalue weighted by Crippen LogP contribution is -2.54. The quantitative estimate of drug-likeness (QED) is 0.256. The van der Waals surface area contributed by atoms with E-state index in [2.05, 4.69) is 10.6 Å². The van der Waals surface area contributed by atoms with E-state index in [4.69, 9.17) is 15.9 Å². The fourth-order valence-electron chi connectivity index (χ4n) is 2.39. The van der Waals surface area contributed by atoms with Crippen LogP contribution < -0.4 is 16.4 Å². The highest BCUT2D eigenvalue weighted by Gasteiger charge is 2.35. The van der Waals surface area contributed by atoms with Crippen molar-refractivity contribution in [1.82, 2.24) is 15.5 Å². The van der Waals surface area contributed by atoms with Crippen molar-refractivity contribution in [2.45, 2.75) is 44.0 Å². The molecular weight excluding hydrogens is 336 g/mol. The van der Waals surface area contributed by atoms with Gasteiger partial charge in [-0.25, -0.2) is 4.79 Å². The minimum Gasteiger partial charge on any atom is -0.480 e. The van der Waals surface area contributed by atoms with E-state index in [-0.39, 0.29) is 6.54 Å². The summed E-state index contributed by atoms with van der Waals surface area (Å²) in [5.41, 5.74) is 5.44. The van der Waals surface area contributed by atoms with Crippen molar-refractivity contribution in [3.05, 3.63) is 0 Å². The van der Waals surface area contributed by atoms with Crippen LogP contribution in [-0.4, -0.2) is 87.8 Å². The summed E-state index contributed by atoms with van der Waals surface area (Å²) in [5, 5.41) is 31.5. The summed E-state index contributed by atoms with van der Waals surface area (Å²) in [6.45, 7) is 0.458. The molecule has 11 nitrogen and oxygen atoms in total. The Balaban J connectivity index is 2.61. The smallest absolute Gasteiger partial charge is 0.328 e. The molecule has 1 saturated heterocycles. The van der Waals surface area contributed by atoms with Gasteiger partial charge in [0.05, 0.1) is 19.3 Å². The van der Waals surface area contributed by atoms with E-state index in [1.807, 2.05) is 0 Å². The van der Waals surface area contributed by atoms with E-state index in [0.29, 0.717) is 12.8 Å². The van der Waals surface area contributed by atoms with Gasteiger partial charge in [0, 0.05) is 6.54 Å². The predicted octanol–water partition coefficient (Wildman–Crippen LogP) is -3.64. The third kappa shape index (κ3) is 5.66. The van der Waals surface area contributed by atoms with Gasteiger partial charge in [0.25, 0.3) is 0 Å². The highest BCUT2D eigenvalue weighted by molar-refractivity contribution is 5.93. The first-order valence-electron chi connectivity index (χ1n) is 7.83. The maximum absolute atomic E-state index is 12.2. The molecule has 0 bridgehead atoms. The first-order chi connectivity index (χ1) is 11.7. The zero-order valence-corrected chi connectivity index (χ0v) is 13.8. The topological polar surface area (TPSA) is 182 Å². The molecule has 1 rings (SSSR count). The highest BCUT2D eigenvalue weighted by Crippen LogP contribution is 2.17. The maximum Gasteiger partial charge on any atom is 0.328 e. The van der Waals surface area contributed by atoms with E-state index >= 15 is 0 Å². The fraction of sp³-hybridized carbons (Fsp3) is 0.714. The van der Waals surface area contributed by atoms with Crippen LogP contribution in [0.1, 0.15) is 19.8 Å². The van der Waals surface area contributed by atoms with Gasteiger partial charge in [-0.05, 0) is 19.8 Å². The predicted molar refractivity (Wildman–Crippen MR) is 84.1 cm³/mol. The molecule has 0 aromatic rings. The van der Waals surface area contributed by atoms with E-state index in [9.17, 15) is 24.3 Å². The highest BCUT2D eigenvalue weighted by atomic mass is 16.4. The van der Waals surface area contributed by atoms with Crippen LogP contribution in [0.3, 0.4) is 0 Å². The second-order valence-corrected chi connectivity index (χ2v) is 5.81. The molecule has 0 saturated carbocycles. The molecule has 1 fully saturated rings. The summed E-state index contributed by atoms with van der Waals surface area (Å²) in [6.07, 6.45) is -0.190. The van der Waals surface area contributed by atoms with Crippen LogP contribution in [0.5, 0.6) is 0 Å². The van der Waals surface area contributed by atoms with Crippen molar-refractivity contribution in [2.24, 2.45) is 5.73 Å². The van der Waals surface area contributed by atoms with Crippen molar-refractivity contribution < 1.29 is 34.5 Å². The SMILES string of the molecule is CC(O)C(N)C(=O)NCC(=O)N1CCCC1C(=O)NC(CO)C(=O)O. The molecule has 3 amide bonds. The van der Waals surface area contributed by atoms with Crippen LogP contribution in [-0.2, 0) is 19.2 Å². The number of nitrogens with zero attached hydrogens (tertiary/aromatic N) is 1. The van der Waals surface area contributed by atoms with Gasteiger partial charge in [-0.2, -0.15) is 0 Å². The second kappa shape index (κ2) is 9.30. The number of carbonyl (C=O) groups excluding carboxylic acids is 3. The average Bonchev–Trinajstić information content (AvgIpc) is 3.05. The Morgan fingerprint density at radius 1 is 1.32 bits per heavy atom. The molecule has 4 unspecified atom stereocenters. The number of hydrogen-bond acceptors (Lipinski definition) is 7. The van der Waals surface area contributed by atoms with E-state index in [0.717, 1.165) is 0 Å². The number of aliphatic hydroxyl groups is 2. The minimum atomic E-state index is -1.45.